The summed E-state index contributed by atoms with van der Waals surface area (Å²) in [5.41, 5.74) is 7.32. The Labute approximate surface area is 112 Å². The zero-order valence-electron chi connectivity index (χ0n) is 11.3. The molecule has 1 aromatic carbocycles. The first kappa shape index (κ1) is 13.5. The summed E-state index contributed by atoms with van der Waals surface area (Å²) in [6, 6.07) is 5.52. The van der Waals surface area contributed by atoms with Gasteiger partial charge in [-0.1, -0.05) is 13.8 Å². The summed E-state index contributed by atoms with van der Waals surface area (Å²) in [5, 5.41) is 13.6. The van der Waals surface area contributed by atoms with Gasteiger partial charge in [-0.25, -0.2) is 9.97 Å². The first-order valence-corrected chi connectivity index (χ1v) is 6.47. The maximum absolute atomic E-state index is 9.43. The molecule has 0 fully saturated rings. The predicted molar refractivity (Wildman–Crippen MR) is 77.9 cm³/mol. The average molecular weight is 260 g/mol. The average Bonchev–Trinajstić information content (AvgIpc) is 2.38. The maximum Gasteiger partial charge on any atom is 0.137 e. The molecule has 0 amide bonds. The summed E-state index contributed by atoms with van der Waals surface area (Å²) in [4.78, 5) is 8.46. The zero-order valence-corrected chi connectivity index (χ0v) is 11.3. The van der Waals surface area contributed by atoms with E-state index in [-0.39, 0.29) is 12.6 Å². The van der Waals surface area contributed by atoms with Crippen LogP contribution >= 0.6 is 0 Å². The quantitative estimate of drug-likeness (QED) is 0.716. The van der Waals surface area contributed by atoms with Gasteiger partial charge >= 0.3 is 0 Å². The molecule has 1 aromatic heterocycles. The summed E-state index contributed by atoms with van der Waals surface area (Å²) in [6.45, 7) is 4.33. The second kappa shape index (κ2) is 5.84. The molecule has 0 bridgehead atoms. The van der Waals surface area contributed by atoms with Crippen LogP contribution in [0.25, 0.3) is 10.9 Å². The SMILES string of the molecule is CC(C)CC(CO)Nc1ncnc2ccc(N)cc12. The third kappa shape index (κ3) is 3.32. The number of hydrogen-bond donors (Lipinski definition) is 3. The summed E-state index contributed by atoms with van der Waals surface area (Å²) in [6.07, 6.45) is 2.40. The topological polar surface area (TPSA) is 84.1 Å². The minimum atomic E-state index is -0.0143. The van der Waals surface area contributed by atoms with Gasteiger partial charge in [-0.3, -0.25) is 0 Å². The van der Waals surface area contributed by atoms with Gasteiger partial charge in [0.05, 0.1) is 18.2 Å². The number of hydrogen-bond acceptors (Lipinski definition) is 5. The molecule has 0 saturated heterocycles. The monoisotopic (exact) mass is 260 g/mol. The van der Waals surface area contributed by atoms with Crippen LogP contribution in [0.4, 0.5) is 11.5 Å². The summed E-state index contributed by atoms with van der Waals surface area (Å²) >= 11 is 0. The van der Waals surface area contributed by atoms with Gasteiger partial charge in [-0.2, -0.15) is 0 Å². The Morgan fingerprint density at radius 2 is 2.11 bits per heavy atom. The number of aliphatic hydroxyl groups is 1. The molecule has 4 N–H and O–H groups in total. The van der Waals surface area contributed by atoms with Crippen molar-refractivity contribution < 1.29 is 5.11 Å². The van der Waals surface area contributed by atoms with Crippen molar-refractivity contribution in [3.8, 4) is 0 Å². The van der Waals surface area contributed by atoms with Gasteiger partial charge in [0.25, 0.3) is 0 Å². The third-order valence-electron chi connectivity index (χ3n) is 2.98. The Bertz CT molecular complexity index is 556. The fraction of sp³-hybridized carbons (Fsp3) is 0.429. The number of aliphatic hydroxyl groups excluding tert-OH is 1. The lowest BCUT2D eigenvalue weighted by atomic mass is 10.0. The Morgan fingerprint density at radius 3 is 2.79 bits per heavy atom. The van der Waals surface area contributed by atoms with Gasteiger partial charge in [-0.15, -0.1) is 0 Å². The Morgan fingerprint density at radius 1 is 1.32 bits per heavy atom. The summed E-state index contributed by atoms with van der Waals surface area (Å²) in [7, 11) is 0. The van der Waals surface area contributed by atoms with Crippen molar-refractivity contribution in [1.82, 2.24) is 9.97 Å². The normalized spacial score (nSPS) is 12.8. The van der Waals surface area contributed by atoms with Crippen LogP contribution in [0.2, 0.25) is 0 Å². The molecule has 2 rings (SSSR count). The molecule has 0 spiro atoms. The minimum Gasteiger partial charge on any atom is -0.399 e. The molecule has 102 valence electrons. The van der Waals surface area contributed by atoms with E-state index in [9.17, 15) is 5.11 Å². The van der Waals surface area contributed by atoms with Crippen molar-refractivity contribution in [2.75, 3.05) is 17.7 Å². The van der Waals surface area contributed by atoms with Gasteiger partial charge in [0.2, 0.25) is 0 Å². The highest BCUT2D eigenvalue weighted by Gasteiger charge is 2.12. The smallest absolute Gasteiger partial charge is 0.137 e. The highest BCUT2D eigenvalue weighted by atomic mass is 16.3. The number of fused-ring (bicyclic) bond motifs is 1. The highest BCUT2D eigenvalue weighted by Crippen LogP contribution is 2.23. The second-order valence-electron chi connectivity index (χ2n) is 5.15. The largest absolute Gasteiger partial charge is 0.399 e. The molecule has 5 nitrogen and oxygen atoms in total. The van der Waals surface area contributed by atoms with E-state index in [1.54, 1.807) is 0 Å². The molecular formula is C14H20N4O. The number of nitrogens with one attached hydrogen (secondary N) is 1. The lowest BCUT2D eigenvalue weighted by Crippen LogP contribution is -2.26. The number of nitrogen functional groups attached to an aromatic ring is 1. The molecule has 1 atom stereocenters. The highest BCUT2D eigenvalue weighted by molar-refractivity contribution is 5.91. The lowest BCUT2D eigenvalue weighted by Gasteiger charge is -2.19. The molecule has 0 aliphatic heterocycles. The molecule has 1 unspecified atom stereocenters. The predicted octanol–water partition coefficient (Wildman–Crippen LogP) is 2.03. The molecule has 0 radical (unpaired) electrons. The first-order chi connectivity index (χ1) is 9.10. The van der Waals surface area contributed by atoms with Crippen molar-refractivity contribution in [2.45, 2.75) is 26.3 Å². The lowest BCUT2D eigenvalue weighted by molar-refractivity contribution is 0.259. The fourth-order valence-corrected chi connectivity index (χ4v) is 2.13. The van der Waals surface area contributed by atoms with E-state index in [2.05, 4.69) is 29.1 Å². The van der Waals surface area contributed by atoms with Gasteiger partial charge in [0.15, 0.2) is 0 Å². The minimum absolute atomic E-state index is 0.0143. The van der Waals surface area contributed by atoms with Gasteiger partial charge in [0, 0.05) is 11.1 Å². The van der Waals surface area contributed by atoms with E-state index in [1.165, 1.54) is 6.33 Å². The van der Waals surface area contributed by atoms with Gasteiger partial charge < -0.3 is 16.2 Å². The second-order valence-corrected chi connectivity index (χ2v) is 5.15. The van der Waals surface area contributed by atoms with E-state index in [1.807, 2.05) is 18.2 Å². The number of anilines is 2. The van der Waals surface area contributed by atoms with E-state index < -0.39 is 0 Å². The van der Waals surface area contributed by atoms with Gasteiger partial charge in [-0.05, 0) is 30.5 Å². The Kier molecular flexibility index (Phi) is 4.16. The van der Waals surface area contributed by atoms with Crippen LogP contribution in [0.5, 0.6) is 0 Å². The maximum atomic E-state index is 9.43. The van der Waals surface area contributed by atoms with E-state index in [4.69, 9.17) is 5.73 Å². The molecular weight excluding hydrogens is 240 g/mol. The van der Waals surface area contributed by atoms with Crippen LogP contribution in [0, 0.1) is 5.92 Å². The fourth-order valence-electron chi connectivity index (χ4n) is 2.13. The number of benzene rings is 1. The van der Waals surface area contributed by atoms with Crippen LogP contribution in [0.15, 0.2) is 24.5 Å². The van der Waals surface area contributed by atoms with Crippen molar-refractivity contribution >= 4 is 22.4 Å². The number of aromatic nitrogens is 2. The molecule has 5 heteroatoms. The van der Waals surface area contributed by atoms with E-state index in [0.29, 0.717) is 11.6 Å². The van der Waals surface area contributed by atoms with Crippen molar-refractivity contribution in [2.24, 2.45) is 5.92 Å². The van der Waals surface area contributed by atoms with Crippen LogP contribution in [-0.4, -0.2) is 27.7 Å². The molecule has 2 aromatic rings. The standard InChI is InChI=1S/C14H20N4O/c1-9(2)5-11(7-19)18-14-12-6-10(15)3-4-13(12)16-8-17-14/h3-4,6,8-9,11,19H,5,7,15H2,1-2H3,(H,16,17,18). The van der Waals surface area contributed by atoms with Crippen LogP contribution in [0.1, 0.15) is 20.3 Å². The van der Waals surface area contributed by atoms with Crippen molar-refractivity contribution in [3.05, 3.63) is 24.5 Å². The van der Waals surface area contributed by atoms with Crippen LogP contribution in [0.3, 0.4) is 0 Å². The summed E-state index contributed by atoms with van der Waals surface area (Å²) in [5.74, 6) is 1.22. The molecule has 1 heterocycles. The third-order valence-corrected chi connectivity index (χ3v) is 2.98. The molecule has 0 saturated carbocycles. The van der Waals surface area contributed by atoms with E-state index in [0.717, 1.165) is 23.1 Å². The molecule has 0 aliphatic carbocycles. The van der Waals surface area contributed by atoms with Crippen LogP contribution < -0.4 is 11.1 Å². The van der Waals surface area contributed by atoms with Crippen LogP contribution in [-0.2, 0) is 0 Å². The number of rotatable bonds is 5. The Hall–Kier alpha value is -1.88. The zero-order chi connectivity index (χ0) is 13.8. The Balaban J connectivity index is 2.31. The molecule has 19 heavy (non-hydrogen) atoms. The van der Waals surface area contributed by atoms with Gasteiger partial charge in [0.1, 0.15) is 12.1 Å². The first-order valence-electron chi connectivity index (χ1n) is 6.47. The van der Waals surface area contributed by atoms with E-state index >= 15 is 0 Å². The molecule has 0 aliphatic rings. The summed E-state index contributed by atoms with van der Waals surface area (Å²) < 4.78 is 0. The van der Waals surface area contributed by atoms with Crippen molar-refractivity contribution in [3.63, 3.8) is 0 Å². The van der Waals surface area contributed by atoms with Crippen molar-refractivity contribution in [1.29, 1.82) is 0 Å². The number of nitrogens with two attached hydrogens (primary N) is 1. The number of nitrogens with zero attached hydrogens (tertiary/aromatic N) is 2.